The molecule has 0 bridgehead atoms. The summed E-state index contributed by atoms with van der Waals surface area (Å²) >= 11 is 0. The van der Waals surface area contributed by atoms with Crippen molar-refractivity contribution in [3.05, 3.63) is 0 Å². The molecule has 0 fully saturated rings. The quantitative estimate of drug-likeness (QED) is 0.612. The summed E-state index contributed by atoms with van der Waals surface area (Å²) in [5.74, 6) is 1.54. The molecule has 0 aliphatic rings. The molecule has 0 aromatic heterocycles. The summed E-state index contributed by atoms with van der Waals surface area (Å²) in [6.07, 6.45) is 5.37. The molecule has 0 aliphatic carbocycles. The van der Waals surface area contributed by atoms with Crippen LogP contribution in [-0.4, -0.2) is 13.1 Å². The van der Waals surface area contributed by atoms with Gasteiger partial charge in [0.25, 0.3) is 0 Å². The maximum absolute atomic E-state index is 3.67. The summed E-state index contributed by atoms with van der Waals surface area (Å²) in [5, 5.41) is 3.67. The third kappa shape index (κ3) is 5.34. The zero-order valence-electron chi connectivity index (χ0n) is 12.4. The summed E-state index contributed by atoms with van der Waals surface area (Å²) in [5.41, 5.74) is 0.519. The minimum atomic E-state index is 0.519. The van der Waals surface area contributed by atoms with E-state index in [0.29, 0.717) is 5.41 Å². The predicted octanol–water partition coefficient (Wildman–Crippen LogP) is 4.47. The van der Waals surface area contributed by atoms with E-state index >= 15 is 0 Å². The van der Waals surface area contributed by atoms with Gasteiger partial charge in [-0.3, -0.25) is 0 Å². The number of hydrogen-bond donors (Lipinski definition) is 1. The summed E-state index contributed by atoms with van der Waals surface area (Å²) in [6.45, 7) is 16.3. The van der Waals surface area contributed by atoms with Crippen molar-refractivity contribution in [3.8, 4) is 0 Å². The average molecular weight is 227 g/mol. The molecule has 1 unspecified atom stereocenters. The van der Waals surface area contributed by atoms with Crippen molar-refractivity contribution in [2.45, 2.75) is 67.2 Å². The molecule has 0 heterocycles. The molecular weight excluding hydrogens is 194 g/mol. The molecule has 0 spiro atoms. The van der Waals surface area contributed by atoms with Gasteiger partial charge in [-0.2, -0.15) is 0 Å². The monoisotopic (exact) mass is 227 g/mol. The van der Waals surface area contributed by atoms with E-state index in [1.54, 1.807) is 0 Å². The predicted molar refractivity (Wildman–Crippen MR) is 74.8 cm³/mol. The lowest BCUT2D eigenvalue weighted by atomic mass is 9.71. The highest BCUT2D eigenvalue weighted by Gasteiger charge is 2.30. The fraction of sp³-hybridized carbons (Fsp3) is 1.00. The maximum atomic E-state index is 3.67. The van der Waals surface area contributed by atoms with Gasteiger partial charge in [0.05, 0.1) is 0 Å². The zero-order valence-corrected chi connectivity index (χ0v) is 12.4. The molecule has 1 atom stereocenters. The molecule has 0 radical (unpaired) electrons. The molecule has 0 saturated heterocycles. The lowest BCUT2D eigenvalue weighted by Crippen LogP contribution is -2.39. The molecule has 1 nitrogen and oxygen atoms in total. The van der Waals surface area contributed by atoms with Gasteiger partial charge < -0.3 is 5.32 Å². The van der Waals surface area contributed by atoms with E-state index in [0.717, 1.165) is 18.4 Å². The highest BCUT2D eigenvalue weighted by atomic mass is 14.9. The minimum Gasteiger partial charge on any atom is -0.316 e. The second-order valence-electron chi connectivity index (χ2n) is 6.00. The molecule has 0 aliphatic heterocycles. The van der Waals surface area contributed by atoms with Crippen molar-refractivity contribution in [2.24, 2.45) is 17.3 Å². The lowest BCUT2D eigenvalue weighted by molar-refractivity contribution is 0.150. The first kappa shape index (κ1) is 16.0. The van der Waals surface area contributed by atoms with E-state index in [9.17, 15) is 0 Å². The van der Waals surface area contributed by atoms with Crippen LogP contribution in [-0.2, 0) is 0 Å². The van der Waals surface area contributed by atoms with Gasteiger partial charge in [-0.05, 0) is 36.6 Å². The third-order valence-corrected chi connectivity index (χ3v) is 3.99. The Bertz CT molecular complexity index is 163. The fourth-order valence-electron chi connectivity index (χ4n) is 2.43. The first-order valence-corrected chi connectivity index (χ1v) is 7.19. The number of nitrogens with one attached hydrogen (secondary N) is 1. The Hall–Kier alpha value is -0.0400. The van der Waals surface area contributed by atoms with Crippen LogP contribution in [0.2, 0.25) is 0 Å². The standard InChI is InChI=1S/C15H33N/c1-7-9-10-15(8-2,14(5)6)12-16-11-13(3)4/h13-14,16H,7-12H2,1-6H3. The van der Waals surface area contributed by atoms with Crippen LogP contribution in [0.5, 0.6) is 0 Å². The molecule has 0 saturated carbocycles. The Morgan fingerprint density at radius 1 is 1.06 bits per heavy atom. The van der Waals surface area contributed by atoms with Crippen molar-refractivity contribution in [1.82, 2.24) is 5.32 Å². The minimum absolute atomic E-state index is 0.519. The lowest BCUT2D eigenvalue weighted by Gasteiger charge is -2.37. The van der Waals surface area contributed by atoms with Crippen molar-refractivity contribution in [1.29, 1.82) is 0 Å². The van der Waals surface area contributed by atoms with Gasteiger partial charge >= 0.3 is 0 Å². The molecule has 0 amide bonds. The van der Waals surface area contributed by atoms with E-state index in [1.165, 1.54) is 32.2 Å². The fourth-order valence-corrected chi connectivity index (χ4v) is 2.43. The highest BCUT2D eigenvalue weighted by Crippen LogP contribution is 2.36. The van der Waals surface area contributed by atoms with Gasteiger partial charge in [0.15, 0.2) is 0 Å². The zero-order chi connectivity index (χ0) is 12.6. The second kappa shape index (κ2) is 8.11. The molecule has 16 heavy (non-hydrogen) atoms. The molecule has 0 aromatic carbocycles. The van der Waals surface area contributed by atoms with Crippen LogP contribution in [0.15, 0.2) is 0 Å². The topological polar surface area (TPSA) is 12.0 Å². The van der Waals surface area contributed by atoms with Gasteiger partial charge in [0.2, 0.25) is 0 Å². The van der Waals surface area contributed by atoms with Crippen molar-refractivity contribution < 1.29 is 0 Å². The number of unbranched alkanes of at least 4 members (excludes halogenated alkanes) is 1. The molecule has 1 heteroatoms. The Labute approximate surface area is 103 Å². The highest BCUT2D eigenvalue weighted by molar-refractivity contribution is 4.83. The summed E-state index contributed by atoms with van der Waals surface area (Å²) in [4.78, 5) is 0. The van der Waals surface area contributed by atoms with E-state index in [4.69, 9.17) is 0 Å². The third-order valence-electron chi connectivity index (χ3n) is 3.99. The maximum Gasteiger partial charge on any atom is 0.00103 e. The largest absolute Gasteiger partial charge is 0.316 e. The SMILES string of the molecule is CCCCC(CC)(CNCC(C)C)C(C)C. The molecule has 1 N–H and O–H groups in total. The van der Waals surface area contributed by atoms with Gasteiger partial charge in [-0.1, -0.05) is 54.4 Å². The van der Waals surface area contributed by atoms with Gasteiger partial charge in [0, 0.05) is 6.54 Å². The van der Waals surface area contributed by atoms with Crippen LogP contribution in [0, 0.1) is 17.3 Å². The first-order valence-electron chi connectivity index (χ1n) is 7.19. The van der Waals surface area contributed by atoms with Crippen LogP contribution in [0.4, 0.5) is 0 Å². The van der Waals surface area contributed by atoms with Gasteiger partial charge in [-0.15, -0.1) is 0 Å². The van der Waals surface area contributed by atoms with Crippen molar-refractivity contribution >= 4 is 0 Å². The first-order chi connectivity index (χ1) is 7.48. The molecular formula is C15H33N. The Morgan fingerprint density at radius 3 is 2.06 bits per heavy atom. The smallest absolute Gasteiger partial charge is 0.00103 e. The molecule has 0 rings (SSSR count). The summed E-state index contributed by atoms with van der Waals surface area (Å²) in [7, 11) is 0. The Kier molecular flexibility index (Phi) is 8.09. The van der Waals surface area contributed by atoms with Crippen LogP contribution in [0.1, 0.15) is 67.2 Å². The van der Waals surface area contributed by atoms with Crippen molar-refractivity contribution in [2.75, 3.05) is 13.1 Å². The van der Waals surface area contributed by atoms with Crippen LogP contribution < -0.4 is 5.32 Å². The van der Waals surface area contributed by atoms with Crippen molar-refractivity contribution in [3.63, 3.8) is 0 Å². The van der Waals surface area contributed by atoms with E-state index in [1.807, 2.05) is 0 Å². The second-order valence-corrected chi connectivity index (χ2v) is 6.00. The van der Waals surface area contributed by atoms with Gasteiger partial charge in [0.1, 0.15) is 0 Å². The van der Waals surface area contributed by atoms with Crippen LogP contribution in [0.3, 0.4) is 0 Å². The molecule has 98 valence electrons. The summed E-state index contributed by atoms with van der Waals surface area (Å²) in [6, 6.07) is 0. The number of rotatable bonds is 9. The summed E-state index contributed by atoms with van der Waals surface area (Å²) < 4.78 is 0. The number of hydrogen-bond acceptors (Lipinski definition) is 1. The van der Waals surface area contributed by atoms with Crippen LogP contribution in [0.25, 0.3) is 0 Å². The van der Waals surface area contributed by atoms with E-state index in [2.05, 4.69) is 46.9 Å². The normalized spacial score (nSPS) is 15.8. The van der Waals surface area contributed by atoms with Crippen LogP contribution >= 0.6 is 0 Å². The average Bonchev–Trinajstić information content (AvgIpc) is 2.22. The molecule has 0 aromatic rings. The Balaban J connectivity index is 4.27. The Morgan fingerprint density at radius 2 is 1.69 bits per heavy atom. The van der Waals surface area contributed by atoms with Gasteiger partial charge in [-0.25, -0.2) is 0 Å². The van der Waals surface area contributed by atoms with E-state index in [-0.39, 0.29) is 0 Å². The van der Waals surface area contributed by atoms with E-state index < -0.39 is 0 Å².